The van der Waals surface area contributed by atoms with Crippen LogP contribution in [-0.4, -0.2) is 11.8 Å². The maximum absolute atomic E-state index is 5.52. The highest BCUT2D eigenvalue weighted by Crippen LogP contribution is 2.41. The molecule has 0 amide bonds. The second kappa shape index (κ2) is 3.96. The molecule has 2 heterocycles. The molecule has 3 heteroatoms. The van der Waals surface area contributed by atoms with E-state index < -0.39 is 0 Å². The standard InChI is InChI=1S/C13H19NO2/c1-7(2)10-9(5)11(8(3)4)14-13-12(10)15-6-16-13/h7-8H,6H2,1-5H3. The summed E-state index contributed by atoms with van der Waals surface area (Å²) in [5.74, 6) is 2.35. The molecule has 2 rings (SSSR count). The van der Waals surface area contributed by atoms with Gasteiger partial charge in [0.25, 0.3) is 5.88 Å². The SMILES string of the molecule is Cc1c(C(C)C)nc2c(c1C(C)C)OCO2. The number of ether oxygens (including phenoxy) is 2. The zero-order valence-electron chi connectivity index (χ0n) is 10.6. The number of pyridine rings is 1. The summed E-state index contributed by atoms with van der Waals surface area (Å²) in [5.41, 5.74) is 3.61. The molecule has 0 saturated carbocycles. The normalized spacial score (nSPS) is 13.9. The molecule has 0 aliphatic carbocycles. The Kier molecular flexibility index (Phi) is 2.78. The summed E-state index contributed by atoms with van der Waals surface area (Å²) in [4.78, 5) is 4.55. The minimum absolute atomic E-state index is 0.295. The van der Waals surface area contributed by atoms with Gasteiger partial charge in [0.15, 0.2) is 5.75 Å². The average Bonchev–Trinajstić information content (AvgIpc) is 2.62. The summed E-state index contributed by atoms with van der Waals surface area (Å²) >= 11 is 0. The van der Waals surface area contributed by atoms with Crippen molar-refractivity contribution in [2.75, 3.05) is 6.79 Å². The largest absolute Gasteiger partial charge is 0.451 e. The Morgan fingerprint density at radius 3 is 2.31 bits per heavy atom. The van der Waals surface area contributed by atoms with Crippen LogP contribution < -0.4 is 9.47 Å². The van der Waals surface area contributed by atoms with E-state index in [-0.39, 0.29) is 0 Å². The van der Waals surface area contributed by atoms with Crippen molar-refractivity contribution >= 4 is 0 Å². The first-order valence-electron chi connectivity index (χ1n) is 5.82. The molecule has 88 valence electrons. The molecule has 1 aromatic rings. The van der Waals surface area contributed by atoms with Crippen LogP contribution in [-0.2, 0) is 0 Å². The third kappa shape index (κ3) is 1.64. The molecule has 0 unspecified atom stereocenters. The van der Waals surface area contributed by atoms with Gasteiger partial charge < -0.3 is 9.47 Å². The third-order valence-corrected chi connectivity index (χ3v) is 2.97. The quantitative estimate of drug-likeness (QED) is 0.767. The van der Waals surface area contributed by atoms with Crippen molar-refractivity contribution in [1.82, 2.24) is 4.98 Å². The third-order valence-electron chi connectivity index (χ3n) is 2.97. The Balaban J connectivity index is 2.65. The number of nitrogens with zero attached hydrogens (tertiary/aromatic N) is 1. The fourth-order valence-corrected chi connectivity index (χ4v) is 2.31. The summed E-state index contributed by atoms with van der Waals surface area (Å²) in [6.07, 6.45) is 0. The summed E-state index contributed by atoms with van der Waals surface area (Å²) in [5, 5.41) is 0. The molecule has 1 aliphatic heterocycles. The first-order valence-corrected chi connectivity index (χ1v) is 5.82. The van der Waals surface area contributed by atoms with E-state index in [1.54, 1.807) is 0 Å². The van der Waals surface area contributed by atoms with E-state index in [1.807, 2.05) is 0 Å². The van der Waals surface area contributed by atoms with Crippen LogP contribution in [0.5, 0.6) is 11.6 Å². The maximum atomic E-state index is 5.52. The van der Waals surface area contributed by atoms with E-state index >= 15 is 0 Å². The van der Waals surface area contributed by atoms with Crippen LogP contribution in [0.15, 0.2) is 0 Å². The number of hydrogen-bond donors (Lipinski definition) is 0. The highest BCUT2D eigenvalue weighted by molar-refractivity contribution is 5.51. The Bertz CT molecular complexity index is 411. The van der Waals surface area contributed by atoms with Crippen molar-refractivity contribution in [3.05, 3.63) is 16.8 Å². The number of rotatable bonds is 2. The predicted molar refractivity (Wildman–Crippen MR) is 63.3 cm³/mol. The van der Waals surface area contributed by atoms with E-state index in [0.717, 1.165) is 11.4 Å². The van der Waals surface area contributed by atoms with Crippen LogP contribution in [0.2, 0.25) is 0 Å². The maximum Gasteiger partial charge on any atom is 0.260 e. The van der Waals surface area contributed by atoms with Gasteiger partial charge in [0.05, 0.1) is 5.69 Å². The molecule has 0 N–H and O–H groups in total. The van der Waals surface area contributed by atoms with Crippen LogP contribution in [0.25, 0.3) is 0 Å². The van der Waals surface area contributed by atoms with Gasteiger partial charge in [-0.3, -0.25) is 0 Å². The fraction of sp³-hybridized carbons (Fsp3) is 0.615. The summed E-state index contributed by atoms with van der Waals surface area (Å²) in [6, 6.07) is 0. The van der Waals surface area contributed by atoms with Gasteiger partial charge >= 0.3 is 0 Å². The molecule has 0 aromatic carbocycles. The van der Waals surface area contributed by atoms with Crippen molar-refractivity contribution in [3.8, 4) is 11.6 Å². The predicted octanol–water partition coefficient (Wildman–Crippen LogP) is 3.37. The van der Waals surface area contributed by atoms with Gasteiger partial charge in [-0.05, 0) is 24.3 Å². The first-order chi connectivity index (χ1) is 7.52. The smallest absolute Gasteiger partial charge is 0.260 e. The van der Waals surface area contributed by atoms with Gasteiger partial charge in [0, 0.05) is 5.56 Å². The monoisotopic (exact) mass is 221 g/mol. The van der Waals surface area contributed by atoms with Gasteiger partial charge in [-0.15, -0.1) is 0 Å². The zero-order chi connectivity index (χ0) is 11.9. The zero-order valence-corrected chi connectivity index (χ0v) is 10.6. The van der Waals surface area contributed by atoms with Gasteiger partial charge in [-0.25, -0.2) is 4.98 Å². The van der Waals surface area contributed by atoms with E-state index in [2.05, 4.69) is 39.6 Å². The molecular formula is C13H19NO2. The average molecular weight is 221 g/mol. The Morgan fingerprint density at radius 1 is 1.06 bits per heavy atom. The minimum Gasteiger partial charge on any atom is -0.451 e. The van der Waals surface area contributed by atoms with Gasteiger partial charge in [0.2, 0.25) is 6.79 Å². The summed E-state index contributed by atoms with van der Waals surface area (Å²) in [7, 11) is 0. The first kappa shape index (κ1) is 11.2. The van der Waals surface area contributed by atoms with Gasteiger partial charge in [-0.2, -0.15) is 0 Å². The van der Waals surface area contributed by atoms with E-state index in [1.165, 1.54) is 11.1 Å². The molecule has 0 spiro atoms. The van der Waals surface area contributed by atoms with Gasteiger partial charge in [-0.1, -0.05) is 27.7 Å². The Hall–Kier alpha value is -1.25. The van der Waals surface area contributed by atoms with E-state index in [0.29, 0.717) is 24.5 Å². The highest BCUT2D eigenvalue weighted by Gasteiger charge is 2.26. The Labute approximate surface area is 96.8 Å². The molecule has 0 saturated heterocycles. The highest BCUT2D eigenvalue weighted by atomic mass is 16.7. The molecule has 0 bridgehead atoms. The number of aromatic nitrogens is 1. The topological polar surface area (TPSA) is 31.4 Å². The molecular weight excluding hydrogens is 202 g/mol. The molecule has 16 heavy (non-hydrogen) atoms. The van der Waals surface area contributed by atoms with E-state index in [4.69, 9.17) is 9.47 Å². The van der Waals surface area contributed by atoms with Crippen molar-refractivity contribution in [1.29, 1.82) is 0 Å². The van der Waals surface area contributed by atoms with Crippen LogP contribution in [0, 0.1) is 6.92 Å². The molecule has 1 aromatic heterocycles. The van der Waals surface area contributed by atoms with Crippen LogP contribution in [0.4, 0.5) is 0 Å². The van der Waals surface area contributed by atoms with E-state index in [9.17, 15) is 0 Å². The second-order valence-corrected chi connectivity index (χ2v) is 4.89. The van der Waals surface area contributed by atoms with Crippen LogP contribution in [0.3, 0.4) is 0 Å². The molecule has 3 nitrogen and oxygen atoms in total. The lowest BCUT2D eigenvalue weighted by molar-refractivity contribution is 0.170. The summed E-state index contributed by atoms with van der Waals surface area (Å²) < 4.78 is 10.9. The summed E-state index contributed by atoms with van der Waals surface area (Å²) in [6.45, 7) is 11.1. The van der Waals surface area contributed by atoms with Crippen molar-refractivity contribution in [2.24, 2.45) is 0 Å². The van der Waals surface area contributed by atoms with Crippen molar-refractivity contribution in [2.45, 2.75) is 46.5 Å². The lowest BCUT2D eigenvalue weighted by atomic mass is 9.93. The van der Waals surface area contributed by atoms with Crippen molar-refractivity contribution < 1.29 is 9.47 Å². The molecule has 0 fully saturated rings. The number of fused-ring (bicyclic) bond motifs is 1. The molecule has 0 atom stereocenters. The van der Waals surface area contributed by atoms with Crippen LogP contribution in [0.1, 0.15) is 56.4 Å². The lowest BCUT2D eigenvalue weighted by Gasteiger charge is -2.17. The molecule has 0 radical (unpaired) electrons. The fourth-order valence-electron chi connectivity index (χ4n) is 2.31. The number of hydrogen-bond acceptors (Lipinski definition) is 3. The Morgan fingerprint density at radius 2 is 1.75 bits per heavy atom. The van der Waals surface area contributed by atoms with Crippen molar-refractivity contribution in [3.63, 3.8) is 0 Å². The van der Waals surface area contributed by atoms with Gasteiger partial charge in [0.1, 0.15) is 0 Å². The second-order valence-electron chi connectivity index (χ2n) is 4.89. The van der Waals surface area contributed by atoms with Crippen LogP contribution >= 0.6 is 0 Å². The molecule has 1 aliphatic rings. The minimum atomic E-state index is 0.295. The lowest BCUT2D eigenvalue weighted by Crippen LogP contribution is -2.04.